The third kappa shape index (κ3) is 2.75. The summed E-state index contributed by atoms with van der Waals surface area (Å²) in [6, 6.07) is 6.19. The highest BCUT2D eigenvalue weighted by Gasteiger charge is 2.34. The van der Waals surface area contributed by atoms with Crippen LogP contribution in [-0.4, -0.2) is 37.1 Å². The molecule has 3 rings (SSSR count). The summed E-state index contributed by atoms with van der Waals surface area (Å²) in [5.41, 5.74) is 0.900. The molecule has 0 saturated carbocycles. The Morgan fingerprint density at radius 3 is 3.00 bits per heavy atom. The molecule has 1 atom stereocenters. The first-order valence-corrected chi connectivity index (χ1v) is 8.43. The Morgan fingerprint density at radius 2 is 2.32 bits per heavy atom. The summed E-state index contributed by atoms with van der Waals surface area (Å²) in [5.74, 6) is 1.03. The zero-order valence-electron chi connectivity index (χ0n) is 13.1. The molecule has 2 heterocycles. The molecule has 0 spiro atoms. The van der Waals surface area contributed by atoms with Gasteiger partial charge in [0.1, 0.15) is 11.3 Å². The van der Waals surface area contributed by atoms with Gasteiger partial charge in [-0.3, -0.25) is 4.79 Å². The third-order valence-corrected chi connectivity index (χ3v) is 5.20. The lowest BCUT2D eigenvalue weighted by molar-refractivity contribution is -0.126. The number of anilines is 1. The van der Waals surface area contributed by atoms with Crippen molar-refractivity contribution in [2.24, 2.45) is 5.92 Å². The Bertz CT molecular complexity index is 679. The van der Waals surface area contributed by atoms with Gasteiger partial charge in [0.15, 0.2) is 5.13 Å². The van der Waals surface area contributed by atoms with Crippen molar-refractivity contribution in [1.82, 2.24) is 10.3 Å². The molecule has 1 amide bonds. The van der Waals surface area contributed by atoms with Crippen LogP contribution in [0.25, 0.3) is 10.2 Å². The molecule has 1 N–H and O–H groups in total. The van der Waals surface area contributed by atoms with E-state index in [9.17, 15) is 4.79 Å². The standard InChI is InChI=1S/C16H21N3O2S/c1-4-10(2)17-15(20)11-8-19(9-11)16-18-14-12(21-3)6-5-7-13(14)22-16/h5-7,10-11H,4,8-9H2,1-3H3,(H,17,20). The fraction of sp³-hybridized carbons (Fsp3) is 0.500. The molecule has 1 saturated heterocycles. The van der Waals surface area contributed by atoms with E-state index in [1.54, 1.807) is 18.4 Å². The van der Waals surface area contributed by atoms with Crippen molar-refractivity contribution in [3.63, 3.8) is 0 Å². The zero-order chi connectivity index (χ0) is 15.7. The van der Waals surface area contributed by atoms with Crippen LogP contribution in [0.1, 0.15) is 20.3 Å². The third-order valence-electron chi connectivity index (χ3n) is 4.11. The van der Waals surface area contributed by atoms with E-state index in [2.05, 4.69) is 22.1 Å². The van der Waals surface area contributed by atoms with Crippen LogP contribution in [0.15, 0.2) is 18.2 Å². The largest absolute Gasteiger partial charge is 0.494 e. The van der Waals surface area contributed by atoms with Crippen LogP contribution < -0.4 is 15.0 Å². The number of nitrogens with one attached hydrogen (secondary N) is 1. The molecule has 6 heteroatoms. The number of ether oxygens (including phenoxy) is 1. The highest BCUT2D eigenvalue weighted by molar-refractivity contribution is 7.22. The van der Waals surface area contributed by atoms with Crippen LogP contribution in [0.4, 0.5) is 5.13 Å². The first-order chi connectivity index (χ1) is 10.6. The highest BCUT2D eigenvalue weighted by Crippen LogP contribution is 2.36. The van der Waals surface area contributed by atoms with Gasteiger partial charge in [0.2, 0.25) is 5.91 Å². The van der Waals surface area contributed by atoms with Gasteiger partial charge in [-0.2, -0.15) is 0 Å². The lowest BCUT2D eigenvalue weighted by Crippen LogP contribution is -2.54. The SMILES string of the molecule is CCC(C)NC(=O)C1CN(c2nc3c(OC)cccc3s2)C1. The molecule has 2 aromatic rings. The first-order valence-electron chi connectivity index (χ1n) is 7.61. The molecule has 1 aliphatic heterocycles. The van der Waals surface area contributed by atoms with Crippen LogP contribution in [0.2, 0.25) is 0 Å². The van der Waals surface area contributed by atoms with Crippen LogP contribution in [-0.2, 0) is 4.79 Å². The van der Waals surface area contributed by atoms with Crippen LogP contribution in [0, 0.1) is 5.92 Å². The maximum atomic E-state index is 12.1. The molecule has 1 fully saturated rings. The van der Waals surface area contributed by atoms with Crippen molar-refractivity contribution in [2.75, 3.05) is 25.1 Å². The molecule has 118 valence electrons. The zero-order valence-corrected chi connectivity index (χ0v) is 13.9. The Balaban J connectivity index is 1.67. The lowest BCUT2D eigenvalue weighted by Gasteiger charge is -2.38. The minimum absolute atomic E-state index is 0.0721. The average molecular weight is 319 g/mol. The summed E-state index contributed by atoms with van der Waals surface area (Å²) in [6.45, 7) is 5.59. The molecular formula is C16H21N3O2S. The van der Waals surface area contributed by atoms with Crippen molar-refractivity contribution in [1.29, 1.82) is 0 Å². The number of amides is 1. The summed E-state index contributed by atoms with van der Waals surface area (Å²) in [7, 11) is 1.66. The van der Waals surface area contributed by atoms with Crippen molar-refractivity contribution in [3.05, 3.63) is 18.2 Å². The van der Waals surface area contributed by atoms with E-state index in [0.717, 1.165) is 40.6 Å². The van der Waals surface area contributed by atoms with Gasteiger partial charge in [-0.15, -0.1) is 0 Å². The topological polar surface area (TPSA) is 54.5 Å². The molecule has 1 unspecified atom stereocenters. The Kier molecular flexibility index (Phi) is 4.20. The van der Waals surface area contributed by atoms with Crippen LogP contribution >= 0.6 is 11.3 Å². The van der Waals surface area contributed by atoms with E-state index in [4.69, 9.17) is 4.74 Å². The molecule has 0 radical (unpaired) electrons. The van der Waals surface area contributed by atoms with E-state index in [1.807, 2.05) is 25.1 Å². The van der Waals surface area contributed by atoms with Gasteiger partial charge < -0.3 is 15.0 Å². The molecule has 1 aromatic heterocycles. The number of aromatic nitrogens is 1. The number of carbonyl (C=O) groups excluding carboxylic acids is 1. The number of para-hydroxylation sites is 1. The summed E-state index contributed by atoms with van der Waals surface area (Å²) >= 11 is 1.65. The lowest BCUT2D eigenvalue weighted by atomic mass is 9.99. The number of fused-ring (bicyclic) bond motifs is 1. The summed E-state index contributed by atoms with van der Waals surface area (Å²) in [6.07, 6.45) is 0.958. The van der Waals surface area contributed by atoms with E-state index < -0.39 is 0 Å². The number of nitrogens with zero attached hydrogens (tertiary/aromatic N) is 2. The second-order valence-corrected chi connectivity index (χ2v) is 6.73. The quantitative estimate of drug-likeness (QED) is 0.920. The second kappa shape index (κ2) is 6.12. The van der Waals surface area contributed by atoms with E-state index in [-0.39, 0.29) is 17.9 Å². The van der Waals surface area contributed by atoms with Gasteiger partial charge in [0, 0.05) is 19.1 Å². The number of hydrogen-bond acceptors (Lipinski definition) is 5. The maximum Gasteiger partial charge on any atom is 0.226 e. The van der Waals surface area contributed by atoms with E-state index >= 15 is 0 Å². The molecule has 5 nitrogen and oxygen atoms in total. The number of hydrogen-bond donors (Lipinski definition) is 1. The molecule has 22 heavy (non-hydrogen) atoms. The predicted molar refractivity (Wildman–Crippen MR) is 89.8 cm³/mol. The summed E-state index contributed by atoms with van der Waals surface area (Å²) < 4.78 is 6.46. The molecule has 1 aliphatic rings. The number of carbonyl (C=O) groups is 1. The highest BCUT2D eigenvalue weighted by atomic mass is 32.1. The van der Waals surface area contributed by atoms with Gasteiger partial charge >= 0.3 is 0 Å². The van der Waals surface area contributed by atoms with Crippen molar-refractivity contribution >= 4 is 32.6 Å². The smallest absolute Gasteiger partial charge is 0.226 e. The molecular weight excluding hydrogens is 298 g/mol. The van der Waals surface area contributed by atoms with Crippen molar-refractivity contribution in [2.45, 2.75) is 26.3 Å². The monoisotopic (exact) mass is 319 g/mol. The fourth-order valence-electron chi connectivity index (χ4n) is 2.47. The van der Waals surface area contributed by atoms with Gasteiger partial charge in [0.25, 0.3) is 0 Å². The van der Waals surface area contributed by atoms with Crippen molar-refractivity contribution < 1.29 is 9.53 Å². The number of benzene rings is 1. The summed E-state index contributed by atoms with van der Waals surface area (Å²) in [5, 5.41) is 4.01. The minimum Gasteiger partial charge on any atom is -0.494 e. The molecule has 0 aliphatic carbocycles. The number of methoxy groups -OCH3 is 1. The average Bonchev–Trinajstić information content (AvgIpc) is 2.88. The fourth-order valence-corrected chi connectivity index (χ4v) is 3.48. The minimum atomic E-state index is 0.0721. The van der Waals surface area contributed by atoms with Gasteiger partial charge in [-0.1, -0.05) is 24.3 Å². The second-order valence-electron chi connectivity index (χ2n) is 5.72. The maximum absolute atomic E-state index is 12.1. The van der Waals surface area contributed by atoms with Gasteiger partial charge in [0.05, 0.1) is 17.7 Å². The van der Waals surface area contributed by atoms with Crippen molar-refractivity contribution in [3.8, 4) is 5.75 Å². The van der Waals surface area contributed by atoms with Crippen LogP contribution in [0.5, 0.6) is 5.75 Å². The van der Waals surface area contributed by atoms with E-state index in [1.165, 1.54) is 0 Å². The first kappa shape index (κ1) is 15.1. The van der Waals surface area contributed by atoms with E-state index in [0.29, 0.717) is 0 Å². The Morgan fingerprint density at radius 1 is 1.55 bits per heavy atom. The summed E-state index contributed by atoms with van der Waals surface area (Å²) in [4.78, 5) is 18.9. The molecule has 0 bridgehead atoms. The predicted octanol–water partition coefficient (Wildman–Crippen LogP) is 2.66. The molecule has 1 aromatic carbocycles. The Labute approximate surface area is 134 Å². The number of thiazole rings is 1. The van der Waals surface area contributed by atoms with Crippen LogP contribution in [0.3, 0.4) is 0 Å². The number of rotatable bonds is 5. The Hall–Kier alpha value is -1.82. The van der Waals surface area contributed by atoms with Gasteiger partial charge in [-0.05, 0) is 25.5 Å². The van der Waals surface area contributed by atoms with Gasteiger partial charge in [-0.25, -0.2) is 4.98 Å². The normalized spacial score (nSPS) is 16.4.